The van der Waals surface area contributed by atoms with E-state index in [-0.39, 0.29) is 18.5 Å². The molecular formula is C8H19N3O2. The van der Waals surface area contributed by atoms with E-state index in [0.29, 0.717) is 13.0 Å². The second-order valence-electron chi connectivity index (χ2n) is 3.06. The van der Waals surface area contributed by atoms with Gasteiger partial charge in [0.05, 0.1) is 6.61 Å². The van der Waals surface area contributed by atoms with Crippen molar-refractivity contribution in [1.29, 1.82) is 0 Å². The van der Waals surface area contributed by atoms with Crippen LogP contribution in [0.15, 0.2) is 5.16 Å². The van der Waals surface area contributed by atoms with Gasteiger partial charge in [-0.15, -0.1) is 0 Å². The highest BCUT2D eigenvalue weighted by Crippen LogP contribution is 2.05. The highest BCUT2D eigenvalue weighted by molar-refractivity contribution is 5.80. The number of likely N-dealkylation sites (N-methyl/N-ethyl adjacent to an activating group) is 1. The van der Waals surface area contributed by atoms with E-state index in [0.717, 1.165) is 6.42 Å². The Morgan fingerprint density at radius 1 is 1.62 bits per heavy atom. The number of nitrogens with zero attached hydrogens (tertiary/aromatic N) is 2. The zero-order chi connectivity index (χ0) is 10.3. The molecule has 0 bridgehead atoms. The van der Waals surface area contributed by atoms with Gasteiger partial charge in [0.2, 0.25) is 0 Å². The molecule has 0 rings (SSSR count). The minimum atomic E-state index is 0.128. The van der Waals surface area contributed by atoms with E-state index in [1.54, 1.807) is 0 Å². The minimum absolute atomic E-state index is 0.128. The summed E-state index contributed by atoms with van der Waals surface area (Å²) in [5.74, 6) is 0.233. The third-order valence-electron chi connectivity index (χ3n) is 2.12. The Kier molecular flexibility index (Phi) is 6.26. The molecule has 0 amide bonds. The number of nitrogens with two attached hydrogens (primary N) is 1. The second kappa shape index (κ2) is 6.68. The Labute approximate surface area is 78.8 Å². The van der Waals surface area contributed by atoms with Gasteiger partial charge in [-0.2, -0.15) is 0 Å². The number of aliphatic hydroxyl groups is 1. The number of oxime groups is 1. The van der Waals surface area contributed by atoms with Crippen molar-refractivity contribution in [3.8, 4) is 0 Å². The number of amidine groups is 1. The molecule has 0 aliphatic carbocycles. The fourth-order valence-corrected chi connectivity index (χ4v) is 1.23. The molecule has 0 aliphatic rings. The van der Waals surface area contributed by atoms with Gasteiger partial charge in [0.25, 0.3) is 0 Å². The van der Waals surface area contributed by atoms with Gasteiger partial charge in [0.15, 0.2) is 0 Å². The largest absolute Gasteiger partial charge is 0.409 e. The number of rotatable bonds is 6. The van der Waals surface area contributed by atoms with E-state index in [9.17, 15) is 0 Å². The van der Waals surface area contributed by atoms with Gasteiger partial charge in [0, 0.05) is 19.0 Å². The second-order valence-corrected chi connectivity index (χ2v) is 3.06. The third-order valence-corrected chi connectivity index (χ3v) is 2.12. The molecule has 0 fully saturated rings. The van der Waals surface area contributed by atoms with Gasteiger partial charge in [-0.05, 0) is 13.5 Å². The van der Waals surface area contributed by atoms with Crippen molar-refractivity contribution in [2.45, 2.75) is 25.8 Å². The summed E-state index contributed by atoms with van der Waals surface area (Å²) < 4.78 is 0. The highest BCUT2D eigenvalue weighted by Gasteiger charge is 2.13. The lowest BCUT2D eigenvalue weighted by Gasteiger charge is -2.25. The van der Waals surface area contributed by atoms with E-state index in [1.165, 1.54) is 0 Å². The van der Waals surface area contributed by atoms with E-state index in [2.05, 4.69) is 5.16 Å². The monoisotopic (exact) mass is 189 g/mol. The fraction of sp³-hybridized carbons (Fsp3) is 0.875. The molecule has 13 heavy (non-hydrogen) atoms. The van der Waals surface area contributed by atoms with Crippen molar-refractivity contribution < 1.29 is 10.3 Å². The van der Waals surface area contributed by atoms with E-state index < -0.39 is 0 Å². The van der Waals surface area contributed by atoms with Gasteiger partial charge in [-0.1, -0.05) is 12.1 Å². The maximum Gasteiger partial charge on any atom is 0.140 e. The minimum Gasteiger partial charge on any atom is -0.409 e. The van der Waals surface area contributed by atoms with Crippen LogP contribution in [0.1, 0.15) is 19.8 Å². The van der Waals surface area contributed by atoms with E-state index >= 15 is 0 Å². The topological polar surface area (TPSA) is 82.1 Å². The van der Waals surface area contributed by atoms with E-state index in [1.807, 2.05) is 18.9 Å². The summed E-state index contributed by atoms with van der Waals surface area (Å²) in [6, 6.07) is 0.225. The normalized spacial score (nSPS) is 14.9. The Morgan fingerprint density at radius 2 is 2.23 bits per heavy atom. The van der Waals surface area contributed by atoms with Crippen LogP contribution in [0.25, 0.3) is 0 Å². The van der Waals surface area contributed by atoms with Gasteiger partial charge in [-0.3, -0.25) is 0 Å². The third kappa shape index (κ3) is 4.69. The first-order valence-electron chi connectivity index (χ1n) is 4.43. The molecule has 0 heterocycles. The van der Waals surface area contributed by atoms with Crippen molar-refractivity contribution in [3.05, 3.63) is 0 Å². The predicted octanol–water partition coefficient (Wildman–Crippen LogP) is -0.174. The first-order chi connectivity index (χ1) is 6.15. The Morgan fingerprint density at radius 3 is 2.62 bits per heavy atom. The molecule has 1 unspecified atom stereocenters. The SMILES string of the molecule is CCC(C/C(N)=N/O)N(C)CCO. The van der Waals surface area contributed by atoms with Crippen molar-refractivity contribution in [2.24, 2.45) is 10.9 Å². The average Bonchev–Trinajstić information content (AvgIpc) is 2.14. The van der Waals surface area contributed by atoms with Crippen LogP contribution in [-0.2, 0) is 0 Å². The number of aliphatic hydroxyl groups excluding tert-OH is 1. The standard InChI is InChI=1S/C8H19N3O2/c1-3-7(6-8(9)10-13)11(2)4-5-12/h7,12-13H,3-6H2,1-2H3,(H2,9,10). The molecule has 5 nitrogen and oxygen atoms in total. The molecule has 0 saturated carbocycles. The zero-order valence-electron chi connectivity index (χ0n) is 8.27. The first kappa shape index (κ1) is 12.2. The molecule has 78 valence electrons. The molecule has 0 saturated heterocycles. The van der Waals surface area contributed by atoms with Crippen LogP contribution in [0.3, 0.4) is 0 Å². The van der Waals surface area contributed by atoms with Crippen LogP contribution in [-0.4, -0.2) is 47.3 Å². The van der Waals surface area contributed by atoms with Crippen LogP contribution >= 0.6 is 0 Å². The summed E-state index contributed by atoms with van der Waals surface area (Å²) in [5, 5.41) is 20.0. The molecule has 0 aromatic rings. The van der Waals surface area contributed by atoms with E-state index in [4.69, 9.17) is 16.0 Å². The number of hydrogen-bond acceptors (Lipinski definition) is 4. The Bertz CT molecular complexity index is 161. The summed E-state index contributed by atoms with van der Waals surface area (Å²) in [4.78, 5) is 2.00. The highest BCUT2D eigenvalue weighted by atomic mass is 16.4. The van der Waals surface area contributed by atoms with Gasteiger partial charge in [0.1, 0.15) is 5.84 Å². The van der Waals surface area contributed by atoms with Crippen molar-refractivity contribution >= 4 is 5.84 Å². The van der Waals surface area contributed by atoms with Crippen LogP contribution < -0.4 is 5.73 Å². The van der Waals surface area contributed by atoms with Crippen molar-refractivity contribution in [3.63, 3.8) is 0 Å². The van der Waals surface area contributed by atoms with Crippen LogP contribution in [0.4, 0.5) is 0 Å². The molecule has 4 N–H and O–H groups in total. The molecular weight excluding hydrogens is 170 g/mol. The van der Waals surface area contributed by atoms with Crippen LogP contribution in [0, 0.1) is 0 Å². The lowest BCUT2D eigenvalue weighted by atomic mass is 10.1. The van der Waals surface area contributed by atoms with Crippen LogP contribution in [0.2, 0.25) is 0 Å². The maximum absolute atomic E-state index is 8.72. The summed E-state index contributed by atoms with van der Waals surface area (Å²) in [6.45, 7) is 2.77. The summed E-state index contributed by atoms with van der Waals surface area (Å²) >= 11 is 0. The van der Waals surface area contributed by atoms with Crippen molar-refractivity contribution in [1.82, 2.24) is 4.90 Å². The smallest absolute Gasteiger partial charge is 0.140 e. The van der Waals surface area contributed by atoms with Crippen LogP contribution in [0.5, 0.6) is 0 Å². The van der Waals surface area contributed by atoms with Gasteiger partial charge < -0.3 is 20.9 Å². The first-order valence-corrected chi connectivity index (χ1v) is 4.43. The average molecular weight is 189 g/mol. The molecule has 1 atom stereocenters. The maximum atomic E-state index is 8.72. The van der Waals surface area contributed by atoms with Crippen molar-refractivity contribution in [2.75, 3.05) is 20.2 Å². The molecule has 5 heteroatoms. The lowest BCUT2D eigenvalue weighted by molar-refractivity contribution is 0.178. The molecule has 0 spiro atoms. The lowest BCUT2D eigenvalue weighted by Crippen LogP contribution is -2.36. The Balaban J connectivity index is 4.01. The Hall–Kier alpha value is -0.810. The zero-order valence-corrected chi connectivity index (χ0v) is 8.27. The van der Waals surface area contributed by atoms with Gasteiger partial charge >= 0.3 is 0 Å². The fourth-order valence-electron chi connectivity index (χ4n) is 1.23. The predicted molar refractivity (Wildman–Crippen MR) is 51.8 cm³/mol. The molecule has 0 aromatic carbocycles. The molecule has 0 aliphatic heterocycles. The summed E-state index contributed by atoms with van der Waals surface area (Å²) in [7, 11) is 1.91. The van der Waals surface area contributed by atoms with Gasteiger partial charge in [-0.25, -0.2) is 0 Å². The molecule has 0 radical (unpaired) electrons. The quantitative estimate of drug-likeness (QED) is 0.234. The summed E-state index contributed by atoms with van der Waals surface area (Å²) in [6.07, 6.45) is 1.44. The molecule has 0 aromatic heterocycles. The summed E-state index contributed by atoms with van der Waals surface area (Å²) in [5.41, 5.74) is 5.39. The number of hydrogen-bond donors (Lipinski definition) is 3.